The van der Waals surface area contributed by atoms with E-state index in [0.717, 1.165) is 29.7 Å². The Kier molecular flexibility index (Phi) is 3.52. The first-order chi connectivity index (χ1) is 8.81. The summed E-state index contributed by atoms with van der Waals surface area (Å²) in [6, 6.07) is 12.4. The number of hydrogen-bond acceptors (Lipinski definition) is 2. The maximum absolute atomic E-state index is 5.86. The van der Waals surface area contributed by atoms with Gasteiger partial charge in [0, 0.05) is 10.9 Å². The quantitative estimate of drug-likeness (QED) is 0.813. The van der Waals surface area contributed by atoms with E-state index >= 15 is 0 Å². The monoisotopic (exact) mass is 306 g/mol. The lowest BCUT2D eigenvalue weighted by Gasteiger charge is -2.23. The Balaban J connectivity index is 1.82. The summed E-state index contributed by atoms with van der Waals surface area (Å²) in [6.45, 7) is 0.811. The molecular formula is C15H15BrO2. The predicted octanol–water partition coefficient (Wildman–Crippen LogP) is 4.51. The van der Waals surface area contributed by atoms with Crippen molar-refractivity contribution >= 4 is 26.7 Å². The lowest BCUT2D eigenvalue weighted by Crippen LogP contribution is -2.24. The second kappa shape index (κ2) is 5.29. The van der Waals surface area contributed by atoms with Gasteiger partial charge in [0.25, 0.3) is 0 Å². The maximum Gasteiger partial charge on any atom is 0.199 e. The Morgan fingerprint density at radius 3 is 2.72 bits per heavy atom. The summed E-state index contributed by atoms with van der Waals surface area (Å²) >= 11 is 3.48. The van der Waals surface area contributed by atoms with Crippen molar-refractivity contribution in [2.45, 2.75) is 25.6 Å². The van der Waals surface area contributed by atoms with Crippen LogP contribution in [0, 0.1) is 0 Å². The molecule has 0 bridgehead atoms. The van der Waals surface area contributed by atoms with E-state index in [4.69, 9.17) is 9.47 Å². The number of rotatable bonds is 2. The van der Waals surface area contributed by atoms with E-state index in [2.05, 4.69) is 40.2 Å². The van der Waals surface area contributed by atoms with Crippen LogP contribution in [0.5, 0.6) is 5.75 Å². The molecule has 1 atom stereocenters. The smallest absolute Gasteiger partial charge is 0.199 e. The first-order valence-electron chi connectivity index (χ1n) is 6.29. The number of ether oxygens (including phenoxy) is 2. The minimum atomic E-state index is -0.0772. The molecule has 1 aliphatic rings. The van der Waals surface area contributed by atoms with E-state index in [1.54, 1.807) is 0 Å². The van der Waals surface area contributed by atoms with E-state index in [9.17, 15) is 0 Å². The van der Waals surface area contributed by atoms with Gasteiger partial charge in [-0.05, 0) is 47.9 Å². The molecule has 2 nitrogen and oxygen atoms in total. The van der Waals surface area contributed by atoms with Crippen molar-refractivity contribution < 1.29 is 9.47 Å². The average molecular weight is 307 g/mol. The van der Waals surface area contributed by atoms with E-state index < -0.39 is 0 Å². The topological polar surface area (TPSA) is 18.5 Å². The van der Waals surface area contributed by atoms with Crippen LogP contribution in [0.4, 0.5) is 0 Å². The molecule has 0 aromatic heterocycles. The van der Waals surface area contributed by atoms with Crippen LogP contribution >= 0.6 is 15.9 Å². The molecule has 2 aromatic rings. The highest BCUT2D eigenvalue weighted by Gasteiger charge is 2.15. The van der Waals surface area contributed by atoms with Crippen molar-refractivity contribution in [1.82, 2.24) is 0 Å². The molecule has 1 fully saturated rings. The summed E-state index contributed by atoms with van der Waals surface area (Å²) in [6.07, 6.45) is 3.24. The molecule has 0 unspecified atom stereocenters. The lowest BCUT2D eigenvalue weighted by molar-refractivity contribution is -0.105. The van der Waals surface area contributed by atoms with E-state index in [1.807, 2.05) is 12.1 Å². The molecule has 0 radical (unpaired) electrons. The van der Waals surface area contributed by atoms with E-state index in [0.29, 0.717) is 0 Å². The van der Waals surface area contributed by atoms with Gasteiger partial charge in [-0.1, -0.05) is 28.1 Å². The second-order valence-electron chi connectivity index (χ2n) is 4.57. The molecule has 0 saturated carbocycles. The molecule has 0 aliphatic carbocycles. The normalized spacial score (nSPS) is 19.9. The van der Waals surface area contributed by atoms with Crippen molar-refractivity contribution in [3.63, 3.8) is 0 Å². The van der Waals surface area contributed by atoms with Crippen molar-refractivity contribution in [3.05, 3.63) is 40.9 Å². The summed E-state index contributed by atoms with van der Waals surface area (Å²) in [7, 11) is 0. The van der Waals surface area contributed by atoms with Gasteiger partial charge in [-0.3, -0.25) is 0 Å². The molecule has 0 N–H and O–H groups in total. The predicted molar refractivity (Wildman–Crippen MR) is 75.9 cm³/mol. The SMILES string of the molecule is Brc1ccc2cc(O[C@@H]3CCCCO3)ccc2c1. The Morgan fingerprint density at radius 2 is 1.89 bits per heavy atom. The molecular weight excluding hydrogens is 292 g/mol. The van der Waals surface area contributed by atoms with Crippen molar-refractivity contribution in [2.24, 2.45) is 0 Å². The largest absolute Gasteiger partial charge is 0.465 e. The Bertz CT molecular complexity index is 547. The number of hydrogen-bond donors (Lipinski definition) is 0. The molecule has 1 saturated heterocycles. The Morgan fingerprint density at radius 1 is 1.06 bits per heavy atom. The van der Waals surface area contributed by atoms with Gasteiger partial charge in [-0.15, -0.1) is 0 Å². The van der Waals surface area contributed by atoms with Gasteiger partial charge >= 0.3 is 0 Å². The van der Waals surface area contributed by atoms with Crippen molar-refractivity contribution in [2.75, 3.05) is 6.61 Å². The van der Waals surface area contributed by atoms with E-state index in [-0.39, 0.29) is 6.29 Å². The summed E-state index contributed by atoms with van der Waals surface area (Å²) in [5, 5.41) is 2.40. The fourth-order valence-corrected chi connectivity index (χ4v) is 2.60. The highest BCUT2D eigenvalue weighted by atomic mass is 79.9. The van der Waals surface area contributed by atoms with Gasteiger partial charge in [0.2, 0.25) is 0 Å². The average Bonchev–Trinajstić information content (AvgIpc) is 2.40. The highest BCUT2D eigenvalue weighted by molar-refractivity contribution is 9.10. The van der Waals surface area contributed by atoms with Crippen LogP contribution < -0.4 is 4.74 Å². The van der Waals surface area contributed by atoms with Crippen LogP contribution in [-0.2, 0) is 4.74 Å². The minimum absolute atomic E-state index is 0.0772. The highest BCUT2D eigenvalue weighted by Crippen LogP contribution is 2.26. The molecule has 94 valence electrons. The molecule has 3 heteroatoms. The summed E-state index contributed by atoms with van der Waals surface area (Å²) in [5.41, 5.74) is 0. The van der Waals surface area contributed by atoms with Gasteiger partial charge in [-0.2, -0.15) is 0 Å². The summed E-state index contributed by atoms with van der Waals surface area (Å²) in [4.78, 5) is 0. The Hall–Kier alpha value is -1.06. The Labute approximate surface area is 115 Å². The van der Waals surface area contributed by atoms with Crippen LogP contribution in [0.15, 0.2) is 40.9 Å². The van der Waals surface area contributed by atoms with Gasteiger partial charge in [0.1, 0.15) is 5.75 Å². The zero-order valence-corrected chi connectivity index (χ0v) is 11.7. The number of fused-ring (bicyclic) bond motifs is 1. The number of benzene rings is 2. The van der Waals surface area contributed by atoms with Crippen molar-refractivity contribution in [3.8, 4) is 5.75 Å². The third kappa shape index (κ3) is 2.68. The molecule has 0 amide bonds. The molecule has 2 aromatic carbocycles. The van der Waals surface area contributed by atoms with Crippen LogP contribution in [0.1, 0.15) is 19.3 Å². The third-order valence-electron chi connectivity index (χ3n) is 3.18. The minimum Gasteiger partial charge on any atom is -0.465 e. The summed E-state index contributed by atoms with van der Waals surface area (Å²) in [5.74, 6) is 0.886. The first-order valence-corrected chi connectivity index (χ1v) is 7.08. The van der Waals surface area contributed by atoms with Gasteiger partial charge in [-0.25, -0.2) is 0 Å². The first kappa shape index (κ1) is 12.0. The second-order valence-corrected chi connectivity index (χ2v) is 5.48. The van der Waals surface area contributed by atoms with E-state index in [1.165, 1.54) is 17.2 Å². The standard InChI is InChI=1S/C15H15BrO2/c16-13-6-4-12-10-14(7-5-11(12)9-13)18-15-3-1-2-8-17-15/h4-7,9-10,15H,1-3,8H2/t15-/m1/s1. The molecule has 0 spiro atoms. The van der Waals surface area contributed by atoms with Crippen LogP contribution in [-0.4, -0.2) is 12.9 Å². The van der Waals surface area contributed by atoms with Crippen LogP contribution in [0.2, 0.25) is 0 Å². The zero-order chi connectivity index (χ0) is 12.4. The fraction of sp³-hybridized carbons (Fsp3) is 0.333. The zero-order valence-electron chi connectivity index (χ0n) is 10.1. The van der Waals surface area contributed by atoms with Gasteiger partial charge in [0.15, 0.2) is 6.29 Å². The molecule has 3 rings (SSSR count). The maximum atomic E-state index is 5.86. The summed E-state index contributed by atoms with van der Waals surface area (Å²) < 4.78 is 12.5. The molecule has 18 heavy (non-hydrogen) atoms. The van der Waals surface area contributed by atoms with Gasteiger partial charge in [0.05, 0.1) is 6.61 Å². The third-order valence-corrected chi connectivity index (χ3v) is 3.67. The molecule has 1 heterocycles. The van der Waals surface area contributed by atoms with Crippen LogP contribution in [0.3, 0.4) is 0 Å². The fourth-order valence-electron chi connectivity index (χ4n) is 2.22. The van der Waals surface area contributed by atoms with Crippen LogP contribution in [0.25, 0.3) is 10.8 Å². The molecule has 1 aliphatic heterocycles. The van der Waals surface area contributed by atoms with Gasteiger partial charge < -0.3 is 9.47 Å². The number of halogens is 1. The lowest BCUT2D eigenvalue weighted by atomic mass is 10.1. The van der Waals surface area contributed by atoms with Crippen molar-refractivity contribution in [1.29, 1.82) is 0 Å².